The van der Waals surface area contributed by atoms with Crippen LogP contribution in [0.25, 0.3) is 0 Å². The van der Waals surface area contributed by atoms with E-state index in [1.54, 1.807) is 0 Å². The van der Waals surface area contributed by atoms with Gasteiger partial charge in [-0.25, -0.2) is 14.3 Å². The summed E-state index contributed by atoms with van der Waals surface area (Å²) in [4.78, 5) is 22.3. The number of amides is 2. The number of likely N-dealkylation sites (tertiary alicyclic amines) is 1. The van der Waals surface area contributed by atoms with Crippen molar-refractivity contribution in [2.45, 2.75) is 37.6 Å². The van der Waals surface area contributed by atoms with Crippen molar-refractivity contribution < 1.29 is 27.9 Å². The molecule has 0 atom stereocenters. The highest BCUT2D eigenvalue weighted by molar-refractivity contribution is 8.03. The van der Waals surface area contributed by atoms with Crippen molar-refractivity contribution in [3.8, 4) is 0 Å². The van der Waals surface area contributed by atoms with Crippen LogP contribution in [0.2, 0.25) is 0 Å². The normalized spacial score (nSPS) is 19.4. The lowest BCUT2D eigenvalue weighted by atomic mass is 10.0. The van der Waals surface area contributed by atoms with Gasteiger partial charge in [0.05, 0.1) is 18.8 Å². The number of rotatable bonds is 4. The number of urea groups is 1. The highest BCUT2D eigenvalue weighted by Crippen LogP contribution is 2.27. The van der Waals surface area contributed by atoms with Gasteiger partial charge >= 0.3 is 18.2 Å². The van der Waals surface area contributed by atoms with Gasteiger partial charge in [0, 0.05) is 42.1 Å². The third-order valence-electron chi connectivity index (χ3n) is 4.63. The molecule has 2 saturated heterocycles. The maximum absolute atomic E-state index is 10.7. The summed E-state index contributed by atoms with van der Waals surface area (Å²) in [6, 6.07) is 0.596. The number of nitrogens with zero attached hydrogens (tertiary/aromatic N) is 4. The van der Waals surface area contributed by atoms with Crippen LogP contribution in [-0.4, -0.2) is 85.3 Å². The van der Waals surface area contributed by atoms with Gasteiger partial charge in [-0.3, -0.25) is 4.90 Å². The van der Waals surface area contributed by atoms with Crippen molar-refractivity contribution in [2.24, 2.45) is 5.73 Å². The predicted molar refractivity (Wildman–Crippen MR) is 108 cm³/mol. The van der Waals surface area contributed by atoms with E-state index in [1.165, 1.54) is 23.0 Å². The van der Waals surface area contributed by atoms with Gasteiger partial charge in [0.25, 0.3) is 0 Å². The Hall–Kier alpha value is -1.67. The second-order valence-corrected chi connectivity index (χ2v) is 9.08. The number of carbonyl (C=O) groups is 2. The molecule has 0 radical (unpaired) electrons. The SMILES string of the molecule is NC(=O)NCc1cn(C2CCN(C3CSCCSC3)CC2)nn1.O=C(O)C(F)(F)F. The zero-order valence-corrected chi connectivity index (χ0v) is 17.8. The molecule has 2 amide bonds. The maximum Gasteiger partial charge on any atom is 0.490 e. The average Bonchev–Trinajstić information content (AvgIpc) is 3.00. The Balaban J connectivity index is 0.000000396. The Morgan fingerprint density at radius 3 is 2.27 bits per heavy atom. The highest BCUT2D eigenvalue weighted by atomic mass is 32.2. The summed E-state index contributed by atoms with van der Waals surface area (Å²) < 4.78 is 33.7. The lowest BCUT2D eigenvalue weighted by molar-refractivity contribution is -0.192. The van der Waals surface area contributed by atoms with Crippen LogP contribution in [0.3, 0.4) is 0 Å². The molecule has 170 valence electrons. The number of hydrogen-bond acceptors (Lipinski definition) is 7. The summed E-state index contributed by atoms with van der Waals surface area (Å²) >= 11 is 4.18. The molecule has 1 aromatic rings. The van der Waals surface area contributed by atoms with Crippen LogP contribution in [-0.2, 0) is 11.3 Å². The van der Waals surface area contributed by atoms with Crippen LogP contribution in [0, 0.1) is 0 Å². The summed E-state index contributed by atoms with van der Waals surface area (Å²) in [7, 11) is 0. The van der Waals surface area contributed by atoms with Gasteiger partial charge in [-0.1, -0.05) is 5.21 Å². The van der Waals surface area contributed by atoms with Gasteiger partial charge in [0.2, 0.25) is 0 Å². The molecular formula is C16H25F3N6O3S2. The first kappa shape index (κ1) is 24.6. The molecule has 1 aromatic heterocycles. The summed E-state index contributed by atoms with van der Waals surface area (Å²) in [6.07, 6.45) is -0.941. The van der Waals surface area contributed by atoms with Crippen LogP contribution < -0.4 is 11.1 Å². The van der Waals surface area contributed by atoms with Crippen molar-refractivity contribution >= 4 is 35.5 Å². The number of hydrogen-bond donors (Lipinski definition) is 3. The highest BCUT2D eigenvalue weighted by Gasteiger charge is 2.38. The van der Waals surface area contributed by atoms with Crippen molar-refractivity contribution in [3.05, 3.63) is 11.9 Å². The summed E-state index contributed by atoms with van der Waals surface area (Å²) in [5.41, 5.74) is 5.83. The van der Waals surface area contributed by atoms with Gasteiger partial charge in [-0.2, -0.15) is 36.7 Å². The number of piperidine rings is 1. The maximum atomic E-state index is 10.7. The Morgan fingerprint density at radius 1 is 1.20 bits per heavy atom. The predicted octanol–water partition coefficient (Wildman–Crippen LogP) is 1.57. The summed E-state index contributed by atoms with van der Waals surface area (Å²) in [5.74, 6) is 2.36. The second kappa shape index (κ2) is 11.6. The van der Waals surface area contributed by atoms with E-state index in [0.717, 1.165) is 37.7 Å². The minimum atomic E-state index is -5.08. The van der Waals surface area contributed by atoms with Crippen molar-refractivity contribution in [2.75, 3.05) is 36.1 Å². The minimum absolute atomic E-state index is 0.338. The quantitative estimate of drug-likeness (QED) is 0.605. The number of nitrogens with one attached hydrogen (secondary N) is 1. The number of primary amides is 1. The fourth-order valence-electron chi connectivity index (χ4n) is 3.08. The molecule has 30 heavy (non-hydrogen) atoms. The Bertz CT molecular complexity index is 690. The number of carboxylic acid groups (broad SMARTS) is 1. The molecule has 0 unspecified atom stereocenters. The number of halogens is 3. The lowest BCUT2D eigenvalue weighted by Gasteiger charge is -2.36. The molecule has 0 bridgehead atoms. The number of thioether (sulfide) groups is 2. The van der Waals surface area contributed by atoms with E-state index in [1.807, 2.05) is 10.9 Å². The van der Waals surface area contributed by atoms with Gasteiger partial charge in [0.1, 0.15) is 5.69 Å². The molecule has 2 fully saturated rings. The first-order chi connectivity index (χ1) is 14.2. The van der Waals surface area contributed by atoms with Gasteiger partial charge in [-0.15, -0.1) is 5.10 Å². The van der Waals surface area contributed by atoms with Gasteiger partial charge in [0.15, 0.2) is 0 Å². The monoisotopic (exact) mass is 470 g/mol. The fraction of sp³-hybridized carbons (Fsp3) is 0.750. The molecule has 4 N–H and O–H groups in total. The zero-order chi connectivity index (χ0) is 22.1. The summed E-state index contributed by atoms with van der Waals surface area (Å²) in [6.45, 7) is 2.60. The number of nitrogens with two attached hydrogens (primary N) is 1. The van der Waals surface area contributed by atoms with E-state index in [4.69, 9.17) is 15.6 Å². The summed E-state index contributed by atoms with van der Waals surface area (Å²) in [5, 5.41) is 18.0. The molecular weight excluding hydrogens is 445 g/mol. The Morgan fingerprint density at radius 2 is 1.77 bits per heavy atom. The van der Waals surface area contributed by atoms with Crippen LogP contribution in [0.5, 0.6) is 0 Å². The van der Waals surface area contributed by atoms with E-state index in [0.29, 0.717) is 12.6 Å². The van der Waals surface area contributed by atoms with Gasteiger partial charge in [-0.05, 0) is 12.8 Å². The molecule has 14 heteroatoms. The third kappa shape index (κ3) is 8.22. The van der Waals surface area contributed by atoms with Crippen LogP contribution in [0.1, 0.15) is 24.6 Å². The molecule has 0 aliphatic carbocycles. The van der Waals surface area contributed by atoms with E-state index < -0.39 is 18.2 Å². The molecule has 0 saturated carbocycles. The van der Waals surface area contributed by atoms with E-state index >= 15 is 0 Å². The fourth-order valence-corrected chi connectivity index (χ4v) is 5.71. The first-order valence-corrected chi connectivity index (χ1v) is 11.6. The Labute approximate surface area is 180 Å². The van der Waals surface area contributed by atoms with Crippen LogP contribution >= 0.6 is 23.5 Å². The molecule has 2 aliphatic heterocycles. The second-order valence-electron chi connectivity index (χ2n) is 6.78. The van der Waals surface area contributed by atoms with Gasteiger partial charge < -0.3 is 16.2 Å². The van der Waals surface area contributed by atoms with E-state index in [9.17, 15) is 18.0 Å². The van der Waals surface area contributed by atoms with Crippen molar-refractivity contribution in [3.63, 3.8) is 0 Å². The molecule has 9 nitrogen and oxygen atoms in total. The smallest absolute Gasteiger partial charge is 0.475 e. The molecule has 3 heterocycles. The number of alkyl halides is 3. The van der Waals surface area contributed by atoms with E-state index in [-0.39, 0.29) is 0 Å². The largest absolute Gasteiger partial charge is 0.490 e. The van der Waals surface area contributed by atoms with Crippen molar-refractivity contribution in [1.82, 2.24) is 25.2 Å². The number of aromatic nitrogens is 3. The van der Waals surface area contributed by atoms with Crippen molar-refractivity contribution in [1.29, 1.82) is 0 Å². The molecule has 0 spiro atoms. The molecule has 2 aliphatic rings. The van der Waals surface area contributed by atoms with Crippen LogP contribution in [0.4, 0.5) is 18.0 Å². The molecule has 3 rings (SSSR count). The number of carbonyl (C=O) groups excluding carboxylic acids is 1. The first-order valence-electron chi connectivity index (χ1n) is 9.30. The average molecular weight is 471 g/mol. The molecule has 0 aromatic carbocycles. The minimum Gasteiger partial charge on any atom is -0.475 e. The topological polar surface area (TPSA) is 126 Å². The number of aliphatic carboxylic acids is 1. The number of carboxylic acids is 1. The Kier molecular flexibility index (Phi) is 9.55. The third-order valence-corrected chi connectivity index (χ3v) is 7.11. The zero-order valence-electron chi connectivity index (χ0n) is 16.2. The van der Waals surface area contributed by atoms with E-state index in [2.05, 4.69) is 44.1 Å². The lowest BCUT2D eigenvalue weighted by Crippen LogP contribution is -2.44. The van der Waals surface area contributed by atoms with Crippen LogP contribution in [0.15, 0.2) is 6.20 Å². The standard InChI is InChI=1S/C14H24N6OS2.C2HF3O2/c15-14(21)16-7-11-8-20(18-17-11)12-1-3-19(4-2-12)13-9-22-5-6-23-10-13;3-2(4,5)1(6)7/h8,12-13H,1-7,9-10H2,(H3,15,16,21);(H,6,7).